The summed E-state index contributed by atoms with van der Waals surface area (Å²) < 4.78 is 1.29. The molecule has 1 aliphatic heterocycles. The zero-order valence-electron chi connectivity index (χ0n) is 12.6. The zero-order chi connectivity index (χ0) is 15.4. The van der Waals surface area contributed by atoms with Crippen LogP contribution in [-0.4, -0.2) is 38.9 Å². The summed E-state index contributed by atoms with van der Waals surface area (Å²) in [5, 5.41) is 8.50. The van der Waals surface area contributed by atoms with Gasteiger partial charge in [0.1, 0.15) is 5.52 Å². The fraction of sp³-hybridized carbons (Fsp3) is 0.500. The Kier molecular flexibility index (Phi) is 4.46. The highest BCUT2D eigenvalue weighted by atomic mass is 16.2. The van der Waals surface area contributed by atoms with Crippen LogP contribution in [0.5, 0.6) is 0 Å². The minimum Gasteiger partial charge on any atom is -0.343 e. The fourth-order valence-corrected chi connectivity index (χ4v) is 2.85. The third-order valence-electron chi connectivity index (χ3n) is 4.13. The summed E-state index contributed by atoms with van der Waals surface area (Å²) in [4.78, 5) is 26.5. The number of carbonyl (C=O) groups is 1. The second-order valence-electron chi connectivity index (χ2n) is 5.68. The third-order valence-corrected chi connectivity index (χ3v) is 4.13. The molecular formula is C16H20N4O2. The smallest absolute Gasteiger partial charge is 0.277 e. The van der Waals surface area contributed by atoms with E-state index in [0.717, 1.165) is 25.9 Å². The Morgan fingerprint density at radius 3 is 2.59 bits per heavy atom. The van der Waals surface area contributed by atoms with Crippen LogP contribution in [0.15, 0.2) is 29.1 Å². The van der Waals surface area contributed by atoms with Crippen LogP contribution in [0.25, 0.3) is 10.9 Å². The molecule has 1 aliphatic rings. The molecule has 1 aromatic heterocycles. The van der Waals surface area contributed by atoms with E-state index < -0.39 is 0 Å². The number of rotatable bonds is 3. The van der Waals surface area contributed by atoms with Gasteiger partial charge < -0.3 is 4.90 Å². The summed E-state index contributed by atoms with van der Waals surface area (Å²) in [6.45, 7) is 1.94. The first kappa shape index (κ1) is 14.7. The summed E-state index contributed by atoms with van der Waals surface area (Å²) >= 11 is 0. The Balaban J connectivity index is 1.69. The maximum Gasteiger partial charge on any atom is 0.277 e. The van der Waals surface area contributed by atoms with E-state index in [1.165, 1.54) is 17.5 Å². The Hall–Kier alpha value is -2.24. The van der Waals surface area contributed by atoms with Crippen molar-refractivity contribution in [1.29, 1.82) is 0 Å². The molecule has 1 amide bonds. The van der Waals surface area contributed by atoms with E-state index in [4.69, 9.17) is 0 Å². The quantitative estimate of drug-likeness (QED) is 0.863. The highest BCUT2D eigenvalue weighted by Crippen LogP contribution is 2.11. The monoisotopic (exact) mass is 300 g/mol. The molecule has 1 aromatic carbocycles. The molecule has 1 saturated heterocycles. The van der Waals surface area contributed by atoms with Gasteiger partial charge in [-0.05, 0) is 25.0 Å². The lowest BCUT2D eigenvalue weighted by atomic mass is 10.2. The van der Waals surface area contributed by atoms with Gasteiger partial charge in [0.25, 0.3) is 5.56 Å². The molecule has 0 unspecified atom stereocenters. The predicted molar refractivity (Wildman–Crippen MR) is 83.5 cm³/mol. The van der Waals surface area contributed by atoms with E-state index in [2.05, 4.69) is 10.3 Å². The van der Waals surface area contributed by atoms with Crippen LogP contribution < -0.4 is 5.56 Å². The first-order chi connectivity index (χ1) is 10.8. The molecule has 0 atom stereocenters. The molecule has 22 heavy (non-hydrogen) atoms. The van der Waals surface area contributed by atoms with Crippen molar-refractivity contribution in [2.24, 2.45) is 0 Å². The molecule has 3 rings (SSSR count). The number of carbonyl (C=O) groups excluding carboxylic acids is 1. The average Bonchev–Trinajstić information content (AvgIpc) is 2.83. The number of amides is 1. The maximum atomic E-state index is 12.3. The minimum absolute atomic E-state index is 0.101. The van der Waals surface area contributed by atoms with Crippen LogP contribution in [-0.2, 0) is 11.3 Å². The van der Waals surface area contributed by atoms with Gasteiger partial charge in [0, 0.05) is 19.5 Å². The molecule has 0 bridgehead atoms. The number of hydrogen-bond acceptors (Lipinski definition) is 4. The van der Waals surface area contributed by atoms with Crippen molar-refractivity contribution in [3.63, 3.8) is 0 Å². The number of aromatic nitrogens is 3. The lowest BCUT2D eigenvalue weighted by Crippen LogP contribution is -2.34. The van der Waals surface area contributed by atoms with Gasteiger partial charge in [0.15, 0.2) is 0 Å². The van der Waals surface area contributed by atoms with E-state index in [9.17, 15) is 9.59 Å². The second-order valence-corrected chi connectivity index (χ2v) is 5.68. The first-order valence-corrected chi connectivity index (χ1v) is 7.86. The fourth-order valence-electron chi connectivity index (χ4n) is 2.85. The minimum atomic E-state index is -0.186. The molecule has 0 spiro atoms. The Morgan fingerprint density at radius 2 is 1.82 bits per heavy atom. The molecule has 0 aliphatic carbocycles. The van der Waals surface area contributed by atoms with Gasteiger partial charge in [-0.2, -0.15) is 0 Å². The van der Waals surface area contributed by atoms with Crippen LogP contribution in [0.1, 0.15) is 32.1 Å². The van der Waals surface area contributed by atoms with Crippen molar-refractivity contribution in [2.45, 2.75) is 38.6 Å². The van der Waals surface area contributed by atoms with E-state index in [1.54, 1.807) is 18.2 Å². The van der Waals surface area contributed by atoms with Crippen LogP contribution in [0.2, 0.25) is 0 Å². The third kappa shape index (κ3) is 3.16. The van der Waals surface area contributed by atoms with Crippen LogP contribution >= 0.6 is 0 Å². The molecule has 0 saturated carbocycles. The highest BCUT2D eigenvalue weighted by Gasteiger charge is 2.16. The molecular weight excluding hydrogens is 280 g/mol. The number of hydrogen-bond donors (Lipinski definition) is 0. The summed E-state index contributed by atoms with van der Waals surface area (Å²) in [7, 11) is 0. The zero-order valence-corrected chi connectivity index (χ0v) is 12.6. The van der Waals surface area contributed by atoms with E-state index >= 15 is 0 Å². The largest absolute Gasteiger partial charge is 0.343 e. The molecule has 0 N–H and O–H groups in total. The number of fused-ring (bicyclic) bond motifs is 1. The van der Waals surface area contributed by atoms with Crippen LogP contribution in [0, 0.1) is 0 Å². The van der Waals surface area contributed by atoms with Crippen molar-refractivity contribution >= 4 is 16.8 Å². The summed E-state index contributed by atoms with van der Waals surface area (Å²) in [5.74, 6) is 0.101. The van der Waals surface area contributed by atoms with Crippen molar-refractivity contribution < 1.29 is 4.79 Å². The van der Waals surface area contributed by atoms with Crippen molar-refractivity contribution in [2.75, 3.05) is 13.1 Å². The molecule has 116 valence electrons. The Morgan fingerprint density at radius 1 is 1.09 bits per heavy atom. The molecule has 1 fully saturated rings. The highest BCUT2D eigenvalue weighted by molar-refractivity contribution is 5.77. The van der Waals surface area contributed by atoms with Gasteiger partial charge >= 0.3 is 0 Å². The molecule has 2 aromatic rings. The molecule has 2 heterocycles. The van der Waals surface area contributed by atoms with E-state index in [0.29, 0.717) is 17.3 Å². The van der Waals surface area contributed by atoms with Crippen LogP contribution in [0.4, 0.5) is 0 Å². The van der Waals surface area contributed by atoms with E-state index in [1.807, 2.05) is 11.0 Å². The van der Waals surface area contributed by atoms with Gasteiger partial charge in [-0.3, -0.25) is 9.59 Å². The number of nitrogens with zero attached hydrogens (tertiary/aromatic N) is 4. The van der Waals surface area contributed by atoms with E-state index in [-0.39, 0.29) is 18.0 Å². The number of aryl methyl sites for hydroxylation is 1. The molecule has 6 nitrogen and oxygen atoms in total. The Bertz CT molecular complexity index is 717. The summed E-state index contributed by atoms with van der Waals surface area (Å²) in [6, 6.07) is 7.12. The van der Waals surface area contributed by atoms with Gasteiger partial charge in [0.05, 0.1) is 11.9 Å². The van der Waals surface area contributed by atoms with Gasteiger partial charge in [-0.1, -0.05) is 30.2 Å². The average molecular weight is 300 g/mol. The van der Waals surface area contributed by atoms with Crippen molar-refractivity contribution in [1.82, 2.24) is 19.9 Å². The first-order valence-electron chi connectivity index (χ1n) is 7.86. The van der Waals surface area contributed by atoms with Crippen molar-refractivity contribution in [3.8, 4) is 0 Å². The lowest BCUT2D eigenvalue weighted by Gasteiger charge is -2.20. The maximum absolute atomic E-state index is 12.3. The number of benzene rings is 1. The Labute approximate surface area is 128 Å². The van der Waals surface area contributed by atoms with Gasteiger partial charge in [-0.15, -0.1) is 5.10 Å². The van der Waals surface area contributed by atoms with Gasteiger partial charge in [-0.25, -0.2) is 4.68 Å². The summed E-state index contributed by atoms with van der Waals surface area (Å²) in [5.41, 5.74) is 0.400. The molecule has 0 radical (unpaired) electrons. The van der Waals surface area contributed by atoms with Crippen molar-refractivity contribution in [3.05, 3.63) is 34.6 Å². The summed E-state index contributed by atoms with van der Waals surface area (Å²) in [6.07, 6.45) is 4.83. The SMILES string of the molecule is O=C(CCn1nnc2ccccc2c1=O)N1CCCCCC1. The van der Waals surface area contributed by atoms with Gasteiger partial charge in [0.2, 0.25) is 5.91 Å². The predicted octanol–water partition coefficient (Wildman–Crippen LogP) is 1.58. The topological polar surface area (TPSA) is 68.1 Å². The van der Waals surface area contributed by atoms with Crippen LogP contribution in [0.3, 0.4) is 0 Å². The molecule has 6 heteroatoms. The second kappa shape index (κ2) is 6.68. The lowest BCUT2D eigenvalue weighted by molar-refractivity contribution is -0.131. The number of likely N-dealkylation sites (tertiary alicyclic amines) is 1. The standard InChI is InChI=1S/C16H20N4O2/c21-15(19-10-5-1-2-6-11-19)9-12-20-16(22)13-7-3-4-8-14(13)17-18-20/h3-4,7-8H,1-2,5-6,9-12H2. The normalized spacial score (nSPS) is 15.7.